The van der Waals surface area contributed by atoms with Crippen molar-refractivity contribution in [1.82, 2.24) is 9.97 Å². The molecule has 0 bridgehead atoms. The first kappa shape index (κ1) is 27.1. The highest BCUT2D eigenvalue weighted by atomic mass is 19.3. The molecule has 1 fully saturated rings. The SMILES string of the molecule is CC(C=O)c1ncccc1-c1c(N(C)CC(=O)Nc2ccc(C(F)F)cc2)cc(N2CCOCC2)nc1F. The van der Waals surface area contributed by atoms with Crippen molar-refractivity contribution >= 4 is 29.4 Å². The Balaban J connectivity index is 1.69. The molecule has 200 valence electrons. The Morgan fingerprint density at radius 3 is 2.58 bits per heavy atom. The summed E-state index contributed by atoms with van der Waals surface area (Å²) in [6, 6.07) is 10.3. The molecule has 8 nitrogen and oxygen atoms in total. The fourth-order valence-electron chi connectivity index (χ4n) is 4.26. The summed E-state index contributed by atoms with van der Waals surface area (Å²) in [7, 11) is 1.64. The van der Waals surface area contributed by atoms with Crippen LogP contribution in [-0.2, 0) is 14.3 Å². The molecule has 0 aliphatic carbocycles. The van der Waals surface area contributed by atoms with Crippen molar-refractivity contribution < 1.29 is 27.5 Å². The number of nitrogens with zero attached hydrogens (tertiary/aromatic N) is 4. The number of nitrogens with one attached hydrogen (secondary N) is 1. The molecule has 3 aromatic rings. The van der Waals surface area contributed by atoms with E-state index in [1.54, 1.807) is 37.1 Å². The summed E-state index contributed by atoms with van der Waals surface area (Å²) >= 11 is 0. The van der Waals surface area contributed by atoms with Crippen LogP contribution in [0.1, 0.15) is 30.5 Å². The largest absolute Gasteiger partial charge is 0.378 e. The van der Waals surface area contributed by atoms with Crippen molar-refractivity contribution in [2.75, 3.05) is 55.0 Å². The van der Waals surface area contributed by atoms with E-state index >= 15 is 4.39 Å². The number of hydrogen-bond donors (Lipinski definition) is 1. The molecule has 1 saturated heterocycles. The Bertz CT molecular complexity index is 1280. The van der Waals surface area contributed by atoms with E-state index in [1.165, 1.54) is 30.5 Å². The van der Waals surface area contributed by atoms with Crippen LogP contribution in [0, 0.1) is 5.95 Å². The predicted molar refractivity (Wildman–Crippen MR) is 138 cm³/mol. The number of aromatic nitrogens is 2. The number of anilines is 3. The number of halogens is 3. The van der Waals surface area contributed by atoms with E-state index < -0.39 is 24.2 Å². The Morgan fingerprint density at radius 1 is 1.21 bits per heavy atom. The molecule has 1 aromatic carbocycles. The molecule has 2 aromatic heterocycles. The van der Waals surface area contributed by atoms with Gasteiger partial charge in [0.2, 0.25) is 11.9 Å². The first-order valence-corrected chi connectivity index (χ1v) is 12.1. The van der Waals surface area contributed by atoms with Gasteiger partial charge in [-0.3, -0.25) is 9.78 Å². The van der Waals surface area contributed by atoms with Gasteiger partial charge >= 0.3 is 0 Å². The topological polar surface area (TPSA) is 87.7 Å². The fraction of sp³-hybridized carbons (Fsp3) is 0.333. The van der Waals surface area contributed by atoms with E-state index in [4.69, 9.17) is 4.74 Å². The van der Waals surface area contributed by atoms with Gasteiger partial charge in [-0.05, 0) is 18.2 Å². The molecule has 0 radical (unpaired) electrons. The quantitative estimate of drug-likeness (QED) is 0.325. The molecule has 1 unspecified atom stereocenters. The number of benzene rings is 1. The third-order valence-electron chi connectivity index (χ3n) is 6.26. The number of likely N-dealkylation sites (N-methyl/N-ethyl adjacent to an activating group) is 1. The van der Waals surface area contributed by atoms with Gasteiger partial charge < -0.3 is 24.6 Å². The molecule has 1 amide bonds. The zero-order chi connectivity index (χ0) is 27.2. The number of alkyl halides is 2. The number of pyridine rings is 2. The van der Waals surface area contributed by atoms with Crippen molar-refractivity contribution in [3.63, 3.8) is 0 Å². The minimum atomic E-state index is -2.61. The number of rotatable bonds is 9. The third kappa shape index (κ3) is 6.10. The summed E-state index contributed by atoms with van der Waals surface area (Å²) in [6.45, 7) is 3.52. The highest BCUT2D eigenvalue weighted by Gasteiger charge is 2.25. The lowest BCUT2D eigenvalue weighted by atomic mass is 9.96. The molecule has 1 atom stereocenters. The molecule has 1 aliphatic heterocycles. The lowest BCUT2D eigenvalue weighted by molar-refractivity contribution is -0.115. The lowest BCUT2D eigenvalue weighted by Crippen LogP contribution is -2.37. The van der Waals surface area contributed by atoms with Crippen molar-refractivity contribution in [2.45, 2.75) is 19.3 Å². The summed E-state index contributed by atoms with van der Waals surface area (Å²) in [5.74, 6) is -1.39. The molecule has 3 heterocycles. The summed E-state index contributed by atoms with van der Waals surface area (Å²) in [5.41, 5.74) is 1.50. The van der Waals surface area contributed by atoms with Crippen LogP contribution >= 0.6 is 0 Å². The number of carbonyl (C=O) groups is 2. The number of aldehydes is 1. The van der Waals surface area contributed by atoms with Crippen LogP contribution in [0.15, 0.2) is 48.7 Å². The van der Waals surface area contributed by atoms with Gasteiger partial charge in [-0.25, -0.2) is 13.8 Å². The standard InChI is InChI=1S/C27H28F3N5O3/c1-17(16-36)25-20(4-3-9-31-25)24-21(14-22(33-27(24)30)35-10-12-38-13-11-35)34(2)15-23(37)32-19-7-5-18(6-8-19)26(28)29/h3-9,14,16-17,26H,10-13,15H2,1-2H3,(H,32,37). The summed E-state index contributed by atoms with van der Waals surface area (Å²) in [5, 5.41) is 2.68. The monoisotopic (exact) mass is 527 g/mol. The van der Waals surface area contributed by atoms with E-state index in [0.717, 1.165) is 6.29 Å². The number of carbonyl (C=O) groups excluding carboxylic acids is 2. The Morgan fingerprint density at radius 2 is 1.92 bits per heavy atom. The van der Waals surface area contributed by atoms with Gasteiger partial charge in [-0.15, -0.1) is 0 Å². The number of ether oxygens (including phenoxy) is 1. The van der Waals surface area contributed by atoms with E-state index in [1.807, 2.05) is 4.90 Å². The van der Waals surface area contributed by atoms with Crippen LogP contribution in [0.25, 0.3) is 11.1 Å². The molecular formula is C27H28F3N5O3. The molecule has 1 aliphatic rings. The van der Waals surface area contributed by atoms with Crippen molar-refractivity contribution in [2.24, 2.45) is 0 Å². The second kappa shape index (κ2) is 12.0. The van der Waals surface area contributed by atoms with Crippen LogP contribution in [-0.4, -0.2) is 62.1 Å². The van der Waals surface area contributed by atoms with Gasteiger partial charge in [0.25, 0.3) is 6.43 Å². The Labute approximate surface area is 218 Å². The summed E-state index contributed by atoms with van der Waals surface area (Å²) in [6.07, 6.45) is -0.344. The Hall–Kier alpha value is -3.99. The van der Waals surface area contributed by atoms with Gasteiger partial charge in [0.05, 0.1) is 42.6 Å². The van der Waals surface area contributed by atoms with Crippen LogP contribution in [0.5, 0.6) is 0 Å². The number of morpholine rings is 1. The van der Waals surface area contributed by atoms with Gasteiger partial charge in [0, 0.05) is 49.2 Å². The smallest absolute Gasteiger partial charge is 0.263 e. The molecule has 0 spiro atoms. The minimum Gasteiger partial charge on any atom is -0.378 e. The zero-order valence-electron chi connectivity index (χ0n) is 21.0. The summed E-state index contributed by atoms with van der Waals surface area (Å²) in [4.78, 5) is 36.4. The minimum absolute atomic E-state index is 0.121. The maximum atomic E-state index is 15.8. The fourth-order valence-corrected chi connectivity index (χ4v) is 4.26. The first-order chi connectivity index (χ1) is 18.3. The first-order valence-electron chi connectivity index (χ1n) is 12.1. The second-order valence-electron chi connectivity index (χ2n) is 8.95. The van der Waals surface area contributed by atoms with Gasteiger partial charge in [0.1, 0.15) is 12.1 Å². The molecule has 4 rings (SSSR count). The number of hydrogen-bond acceptors (Lipinski definition) is 7. The predicted octanol–water partition coefficient (Wildman–Crippen LogP) is 4.43. The van der Waals surface area contributed by atoms with Crippen LogP contribution in [0.3, 0.4) is 0 Å². The highest BCUT2D eigenvalue weighted by Crippen LogP contribution is 2.38. The maximum absolute atomic E-state index is 15.8. The molecular weight excluding hydrogens is 499 g/mol. The van der Waals surface area contributed by atoms with Crippen molar-refractivity contribution in [3.8, 4) is 11.1 Å². The Kier molecular flexibility index (Phi) is 8.57. The van der Waals surface area contributed by atoms with Crippen LogP contribution in [0.4, 0.5) is 30.4 Å². The molecule has 38 heavy (non-hydrogen) atoms. The summed E-state index contributed by atoms with van der Waals surface area (Å²) < 4.78 is 46.8. The third-order valence-corrected chi connectivity index (χ3v) is 6.26. The van der Waals surface area contributed by atoms with Crippen LogP contribution in [0.2, 0.25) is 0 Å². The zero-order valence-corrected chi connectivity index (χ0v) is 21.0. The van der Waals surface area contributed by atoms with Gasteiger partial charge in [-0.2, -0.15) is 4.39 Å². The lowest BCUT2D eigenvalue weighted by Gasteiger charge is -2.30. The van der Waals surface area contributed by atoms with Gasteiger partial charge in [-0.1, -0.05) is 25.1 Å². The van der Waals surface area contributed by atoms with E-state index in [9.17, 15) is 18.4 Å². The molecule has 1 N–H and O–H groups in total. The number of amides is 1. The average Bonchev–Trinajstić information content (AvgIpc) is 2.93. The van der Waals surface area contributed by atoms with Gasteiger partial charge in [0.15, 0.2) is 0 Å². The van der Waals surface area contributed by atoms with E-state index in [-0.39, 0.29) is 17.7 Å². The average molecular weight is 528 g/mol. The van der Waals surface area contributed by atoms with E-state index in [0.29, 0.717) is 54.8 Å². The second-order valence-corrected chi connectivity index (χ2v) is 8.95. The normalized spacial score (nSPS) is 14.3. The van der Waals surface area contributed by atoms with E-state index in [2.05, 4.69) is 15.3 Å². The molecule has 0 saturated carbocycles. The maximum Gasteiger partial charge on any atom is 0.263 e. The van der Waals surface area contributed by atoms with Crippen LogP contribution < -0.4 is 15.1 Å². The molecule has 11 heteroatoms. The van der Waals surface area contributed by atoms with Crippen molar-refractivity contribution in [3.05, 3.63) is 65.9 Å². The van der Waals surface area contributed by atoms with Crippen molar-refractivity contribution in [1.29, 1.82) is 0 Å². The highest BCUT2D eigenvalue weighted by molar-refractivity contribution is 5.95.